The van der Waals surface area contributed by atoms with Gasteiger partial charge in [-0.05, 0) is 44.3 Å². The number of hydrogen-bond donors (Lipinski definition) is 1. The van der Waals surface area contributed by atoms with Crippen LogP contribution in [0.3, 0.4) is 0 Å². The quantitative estimate of drug-likeness (QED) is 0.623. The first-order valence-electron chi connectivity index (χ1n) is 8.63. The van der Waals surface area contributed by atoms with Crippen LogP contribution in [0.2, 0.25) is 5.02 Å². The lowest BCUT2D eigenvalue weighted by Crippen LogP contribution is -2.25. The molecule has 0 atom stereocenters. The number of hydrogen-bond acceptors (Lipinski definition) is 5. The molecule has 0 saturated heterocycles. The monoisotopic (exact) mass is 358 g/mol. The summed E-state index contributed by atoms with van der Waals surface area (Å²) in [6, 6.07) is 7.57. The number of fused-ring (bicyclic) bond motifs is 1. The van der Waals surface area contributed by atoms with Crippen LogP contribution in [0.25, 0.3) is 16.7 Å². The molecule has 6 nitrogen and oxygen atoms in total. The molecular weight excluding hydrogens is 336 g/mol. The second-order valence-corrected chi connectivity index (χ2v) is 6.24. The van der Waals surface area contributed by atoms with E-state index in [9.17, 15) is 0 Å². The van der Waals surface area contributed by atoms with Crippen molar-refractivity contribution in [3.63, 3.8) is 0 Å². The summed E-state index contributed by atoms with van der Waals surface area (Å²) in [5, 5.41) is 9.45. The second-order valence-electron chi connectivity index (χ2n) is 5.80. The van der Waals surface area contributed by atoms with E-state index >= 15 is 0 Å². The number of rotatable bonds is 8. The fourth-order valence-electron chi connectivity index (χ4n) is 2.83. The molecule has 0 saturated carbocycles. The van der Waals surface area contributed by atoms with E-state index in [1.807, 2.05) is 24.3 Å². The minimum atomic E-state index is 0.671. The molecule has 3 rings (SSSR count). The van der Waals surface area contributed by atoms with Crippen molar-refractivity contribution >= 4 is 28.5 Å². The number of halogens is 1. The Morgan fingerprint density at radius 2 is 2.04 bits per heavy atom. The van der Waals surface area contributed by atoms with Gasteiger partial charge in [0.15, 0.2) is 5.65 Å². The molecule has 0 unspecified atom stereocenters. The van der Waals surface area contributed by atoms with E-state index in [1.165, 1.54) is 0 Å². The first-order valence-corrected chi connectivity index (χ1v) is 9.01. The molecule has 0 aliphatic carbocycles. The number of anilines is 1. The molecule has 0 aliphatic heterocycles. The first kappa shape index (κ1) is 17.6. The van der Waals surface area contributed by atoms with Crippen molar-refractivity contribution < 1.29 is 0 Å². The molecule has 2 heterocycles. The van der Waals surface area contributed by atoms with E-state index in [0.29, 0.717) is 5.02 Å². The SMILES string of the molecule is CCN(CC)CCCNc1ncnc2c1cnn2-c1cccc(Cl)c1. The zero-order valence-electron chi connectivity index (χ0n) is 14.6. The molecule has 3 aromatic rings. The second kappa shape index (κ2) is 8.27. The third-order valence-corrected chi connectivity index (χ3v) is 4.49. The average Bonchev–Trinajstić information content (AvgIpc) is 3.07. The molecule has 1 N–H and O–H groups in total. The predicted molar refractivity (Wildman–Crippen MR) is 103 cm³/mol. The van der Waals surface area contributed by atoms with Crippen molar-refractivity contribution in [3.8, 4) is 5.69 Å². The summed E-state index contributed by atoms with van der Waals surface area (Å²) in [5.74, 6) is 0.817. The fraction of sp³-hybridized carbons (Fsp3) is 0.389. The summed E-state index contributed by atoms with van der Waals surface area (Å²) in [4.78, 5) is 11.2. The van der Waals surface area contributed by atoms with Gasteiger partial charge in [0.05, 0.1) is 17.3 Å². The highest BCUT2D eigenvalue weighted by Gasteiger charge is 2.11. The highest BCUT2D eigenvalue weighted by atomic mass is 35.5. The Morgan fingerprint density at radius 3 is 2.80 bits per heavy atom. The van der Waals surface area contributed by atoms with Crippen LogP contribution >= 0.6 is 11.6 Å². The Kier molecular flexibility index (Phi) is 5.83. The molecule has 0 radical (unpaired) electrons. The van der Waals surface area contributed by atoms with E-state index in [4.69, 9.17) is 11.6 Å². The summed E-state index contributed by atoms with van der Waals surface area (Å²) in [7, 11) is 0. The first-order chi connectivity index (χ1) is 12.2. The predicted octanol–water partition coefficient (Wildman–Crippen LogP) is 3.61. The van der Waals surface area contributed by atoms with Crippen molar-refractivity contribution in [2.45, 2.75) is 20.3 Å². The number of nitrogens with one attached hydrogen (secondary N) is 1. The molecule has 25 heavy (non-hydrogen) atoms. The Bertz CT molecular complexity index is 827. The Hall–Kier alpha value is -2.18. The van der Waals surface area contributed by atoms with Gasteiger partial charge in [-0.1, -0.05) is 31.5 Å². The minimum Gasteiger partial charge on any atom is -0.369 e. The van der Waals surface area contributed by atoms with Gasteiger partial charge in [0.25, 0.3) is 0 Å². The van der Waals surface area contributed by atoms with Crippen molar-refractivity contribution in [2.75, 3.05) is 31.5 Å². The smallest absolute Gasteiger partial charge is 0.168 e. The van der Waals surface area contributed by atoms with Crippen molar-refractivity contribution in [1.82, 2.24) is 24.6 Å². The third kappa shape index (κ3) is 4.08. The van der Waals surface area contributed by atoms with Crippen LogP contribution in [0, 0.1) is 0 Å². The zero-order valence-corrected chi connectivity index (χ0v) is 15.4. The molecule has 0 aliphatic rings. The molecule has 0 bridgehead atoms. The van der Waals surface area contributed by atoms with Crippen LogP contribution in [0.5, 0.6) is 0 Å². The maximum atomic E-state index is 6.09. The Morgan fingerprint density at radius 1 is 1.20 bits per heavy atom. The lowest BCUT2D eigenvalue weighted by Gasteiger charge is -2.17. The molecule has 2 aromatic heterocycles. The van der Waals surface area contributed by atoms with Gasteiger partial charge in [0.2, 0.25) is 0 Å². The van der Waals surface area contributed by atoms with E-state index in [2.05, 4.69) is 39.1 Å². The lowest BCUT2D eigenvalue weighted by molar-refractivity contribution is 0.303. The third-order valence-electron chi connectivity index (χ3n) is 4.26. The van der Waals surface area contributed by atoms with Gasteiger partial charge in [-0.25, -0.2) is 14.6 Å². The van der Waals surface area contributed by atoms with Gasteiger partial charge in [0, 0.05) is 11.6 Å². The van der Waals surface area contributed by atoms with Gasteiger partial charge in [0.1, 0.15) is 12.1 Å². The molecule has 0 spiro atoms. The van der Waals surface area contributed by atoms with Crippen LogP contribution in [0.15, 0.2) is 36.8 Å². The summed E-state index contributed by atoms with van der Waals surface area (Å²) in [6.07, 6.45) is 4.43. The normalized spacial score (nSPS) is 11.4. The van der Waals surface area contributed by atoms with Crippen LogP contribution in [0.1, 0.15) is 20.3 Å². The number of nitrogens with zero attached hydrogens (tertiary/aromatic N) is 5. The van der Waals surface area contributed by atoms with Crippen LogP contribution in [0.4, 0.5) is 5.82 Å². The van der Waals surface area contributed by atoms with Gasteiger partial charge in [-0.2, -0.15) is 5.10 Å². The van der Waals surface area contributed by atoms with E-state index in [-0.39, 0.29) is 0 Å². The van der Waals surface area contributed by atoms with Crippen LogP contribution in [-0.2, 0) is 0 Å². The van der Waals surface area contributed by atoms with Crippen LogP contribution in [-0.4, -0.2) is 50.8 Å². The van der Waals surface area contributed by atoms with Gasteiger partial charge in [-0.3, -0.25) is 0 Å². The zero-order chi connectivity index (χ0) is 17.6. The fourth-order valence-corrected chi connectivity index (χ4v) is 3.02. The van der Waals surface area contributed by atoms with Crippen molar-refractivity contribution in [1.29, 1.82) is 0 Å². The summed E-state index contributed by atoms with van der Waals surface area (Å²) >= 11 is 6.09. The molecule has 0 amide bonds. The molecule has 132 valence electrons. The lowest BCUT2D eigenvalue weighted by atomic mass is 10.3. The summed E-state index contributed by atoms with van der Waals surface area (Å²) < 4.78 is 1.78. The van der Waals surface area contributed by atoms with Crippen molar-refractivity contribution in [3.05, 3.63) is 41.8 Å². The minimum absolute atomic E-state index is 0.671. The summed E-state index contributed by atoms with van der Waals surface area (Å²) in [5.41, 5.74) is 1.65. The highest BCUT2D eigenvalue weighted by molar-refractivity contribution is 6.30. The van der Waals surface area contributed by atoms with Crippen molar-refractivity contribution in [2.24, 2.45) is 0 Å². The average molecular weight is 359 g/mol. The number of aromatic nitrogens is 4. The maximum absolute atomic E-state index is 6.09. The maximum Gasteiger partial charge on any atom is 0.168 e. The Labute approximate surface area is 152 Å². The summed E-state index contributed by atoms with van der Waals surface area (Å²) in [6.45, 7) is 8.49. The van der Waals surface area contributed by atoms with E-state index in [0.717, 1.165) is 55.1 Å². The van der Waals surface area contributed by atoms with Gasteiger partial charge >= 0.3 is 0 Å². The van der Waals surface area contributed by atoms with E-state index < -0.39 is 0 Å². The topological polar surface area (TPSA) is 58.9 Å². The van der Waals surface area contributed by atoms with Crippen LogP contribution < -0.4 is 5.32 Å². The highest BCUT2D eigenvalue weighted by Crippen LogP contribution is 2.22. The Balaban J connectivity index is 1.75. The molecule has 0 fully saturated rings. The largest absolute Gasteiger partial charge is 0.369 e. The number of benzene rings is 1. The van der Waals surface area contributed by atoms with E-state index in [1.54, 1.807) is 17.2 Å². The van der Waals surface area contributed by atoms with Gasteiger partial charge in [-0.15, -0.1) is 0 Å². The molecule has 1 aromatic carbocycles. The molecule has 7 heteroatoms. The molecular formula is C18H23ClN6. The standard InChI is InChI=1S/C18H23ClN6/c1-3-24(4-2)10-6-9-20-17-16-12-23-25(18(16)22-13-21-17)15-8-5-7-14(19)11-15/h5,7-8,11-13H,3-4,6,9-10H2,1-2H3,(H,20,21,22). The van der Waals surface area contributed by atoms with Gasteiger partial charge < -0.3 is 10.2 Å².